The summed E-state index contributed by atoms with van der Waals surface area (Å²) in [5.74, 6) is 1.94. The molecule has 1 aliphatic carbocycles. The predicted molar refractivity (Wildman–Crippen MR) is 58.2 cm³/mol. The first-order valence-electron chi connectivity index (χ1n) is 6.16. The topological polar surface area (TPSA) is 23.5 Å². The highest BCUT2D eigenvalue weighted by molar-refractivity contribution is 4.85. The molecule has 1 N–H and O–H groups in total. The maximum absolute atomic E-state index is 9.14. The summed E-state index contributed by atoms with van der Waals surface area (Å²) < 4.78 is 0. The maximum Gasteiger partial charge on any atom is 0.0584 e. The lowest BCUT2D eigenvalue weighted by atomic mass is 9.75. The Balaban J connectivity index is 1.89. The quantitative estimate of drug-likeness (QED) is 0.730. The first-order chi connectivity index (χ1) is 6.81. The fourth-order valence-corrected chi connectivity index (χ4v) is 3.14. The molecule has 1 saturated carbocycles. The summed E-state index contributed by atoms with van der Waals surface area (Å²) in [7, 11) is 0. The van der Waals surface area contributed by atoms with Crippen molar-refractivity contribution in [2.45, 2.75) is 45.1 Å². The Labute approximate surface area is 87.3 Å². The van der Waals surface area contributed by atoms with Gasteiger partial charge >= 0.3 is 0 Å². The lowest BCUT2D eigenvalue weighted by Crippen LogP contribution is -2.46. The summed E-state index contributed by atoms with van der Waals surface area (Å²) in [6.45, 7) is 4.91. The van der Waals surface area contributed by atoms with Gasteiger partial charge in [0.25, 0.3) is 0 Å². The number of hydrogen-bond donors (Lipinski definition) is 1. The summed E-state index contributed by atoms with van der Waals surface area (Å²) in [5.41, 5.74) is 0. The summed E-state index contributed by atoms with van der Waals surface area (Å²) >= 11 is 0. The minimum Gasteiger partial charge on any atom is -0.395 e. The van der Waals surface area contributed by atoms with Crippen LogP contribution in [0, 0.1) is 11.8 Å². The monoisotopic (exact) mass is 197 g/mol. The summed E-state index contributed by atoms with van der Waals surface area (Å²) in [6, 6.07) is 0.373. The molecule has 3 atom stereocenters. The van der Waals surface area contributed by atoms with Gasteiger partial charge in [-0.2, -0.15) is 0 Å². The van der Waals surface area contributed by atoms with Gasteiger partial charge in [0.15, 0.2) is 0 Å². The van der Waals surface area contributed by atoms with Gasteiger partial charge in [0, 0.05) is 12.6 Å². The molecule has 0 radical (unpaired) electrons. The van der Waals surface area contributed by atoms with E-state index in [1.807, 2.05) is 0 Å². The van der Waals surface area contributed by atoms with Crippen LogP contribution in [-0.2, 0) is 0 Å². The Hall–Kier alpha value is -0.0800. The number of likely N-dealkylation sites (tertiary alicyclic amines) is 1. The van der Waals surface area contributed by atoms with Crippen LogP contribution in [0.4, 0.5) is 0 Å². The number of piperidine rings is 1. The first kappa shape index (κ1) is 10.4. The molecule has 0 aromatic heterocycles. The number of hydrogen-bond acceptors (Lipinski definition) is 2. The van der Waals surface area contributed by atoms with Crippen LogP contribution in [0.2, 0.25) is 0 Å². The minimum atomic E-state index is 0.317. The van der Waals surface area contributed by atoms with Gasteiger partial charge in [-0.05, 0) is 38.1 Å². The van der Waals surface area contributed by atoms with Gasteiger partial charge in [-0.3, -0.25) is 4.90 Å². The second-order valence-electron chi connectivity index (χ2n) is 5.12. The Morgan fingerprint density at radius 1 is 1.21 bits per heavy atom. The highest BCUT2D eigenvalue weighted by atomic mass is 16.3. The van der Waals surface area contributed by atoms with E-state index in [0.717, 1.165) is 11.8 Å². The highest BCUT2D eigenvalue weighted by Gasteiger charge is 2.32. The standard InChI is InChI=1S/C12H23NO/c1-10(9-14)13-7-6-11-4-2-3-5-12(11)8-13/h10-12,14H,2-9H2,1H3. The van der Waals surface area contributed by atoms with Crippen molar-refractivity contribution < 1.29 is 5.11 Å². The number of nitrogens with zero attached hydrogens (tertiary/aromatic N) is 1. The van der Waals surface area contributed by atoms with Crippen LogP contribution in [0.5, 0.6) is 0 Å². The summed E-state index contributed by atoms with van der Waals surface area (Å²) in [6.07, 6.45) is 7.15. The molecule has 3 unspecified atom stereocenters. The maximum atomic E-state index is 9.14. The van der Waals surface area contributed by atoms with Crippen molar-refractivity contribution in [2.24, 2.45) is 11.8 Å². The first-order valence-corrected chi connectivity index (χ1v) is 6.16. The molecule has 0 aromatic carbocycles. The van der Waals surface area contributed by atoms with E-state index in [2.05, 4.69) is 11.8 Å². The average molecular weight is 197 g/mol. The third-order valence-corrected chi connectivity index (χ3v) is 4.21. The van der Waals surface area contributed by atoms with Gasteiger partial charge in [0.05, 0.1) is 6.61 Å². The van der Waals surface area contributed by atoms with Crippen LogP contribution in [0.1, 0.15) is 39.0 Å². The van der Waals surface area contributed by atoms with Gasteiger partial charge in [-0.1, -0.05) is 19.3 Å². The van der Waals surface area contributed by atoms with E-state index in [4.69, 9.17) is 5.11 Å². The second kappa shape index (κ2) is 4.63. The van der Waals surface area contributed by atoms with Crippen LogP contribution in [0.15, 0.2) is 0 Å². The van der Waals surface area contributed by atoms with E-state index < -0.39 is 0 Å². The SMILES string of the molecule is CC(CO)N1CCC2CCCCC2C1. The molecule has 2 heteroatoms. The summed E-state index contributed by atoms with van der Waals surface area (Å²) in [4.78, 5) is 2.48. The molecule has 82 valence electrons. The van der Waals surface area contributed by atoms with E-state index >= 15 is 0 Å². The normalized spacial score (nSPS) is 36.4. The molecule has 1 aliphatic heterocycles. The molecule has 0 amide bonds. The predicted octanol–water partition coefficient (Wildman–Crippen LogP) is 1.88. The van der Waals surface area contributed by atoms with E-state index in [1.165, 1.54) is 45.2 Å². The molecule has 2 rings (SSSR count). The minimum absolute atomic E-state index is 0.317. The van der Waals surface area contributed by atoms with Crippen LogP contribution >= 0.6 is 0 Å². The second-order valence-corrected chi connectivity index (χ2v) is 5.12. The molecule has 14 heavy (non-hydrogen) atoms. The van der Waals surface area contributed by atoms with Gasteiger partial charge in [-0.25, -0.2) is 0 Å². The molecular weight excluding hydrogens is 174 g/mol. The largest absolute Gasteiger partial charge is 0.395 e. The third kappa shape index (κ3) is 2.12. The van der Waals surface area contributed by atoms with Crippen LogP contribution in [-0.4, -0.2) is 35.7 Å². The number of aliphatic hydroxyl groups is 1. The number of rotatable bonds is 2. The molecular formula is C12H23NO. The lowest BCUT2D eigenvalue weighted by Gasteiger charge is -2.43. The molecule has 2 nitrogen and oxygen atoms in total. The average Bonchev–Trinajstić information content (AvgIpc) is 2.27. The van der Waals surface area contributed by atoms with Gasteiger partial charge in [0.2, 0.25) is 0 Å². The van der Waals surface area contributed by atoms with E-state index in [-0.39, 0.29) is 0 Å². The molecule has 0 bridgehead atoms. The van der Waals surface area contributed by atoms with Crippen molar-refractivity contribution in [1.29, 1.82) is 0 Å². The summed E-state index contributed by atoms with van der Waals surface area (Å²) in [5, 5.41) is 9.14. The molecule has 1 heterocycles. The Morgan fingerprint density at radius 3 is 2.64 bits per heavy atom. The van der Waals surface area contributed by atoms with E-state index in [0.29, 0.717) is 12.6 Å². The molecule has 2 aliphatic rings. The Bertz CT molecular complexity index is 183. The number of aliphatic hydroxyl groups excluding tert-OH is 1. The molecule has 2 fully saturated rings. The van der Waals surface area contributed by atoms with Crippen molar-refractivity contribution in [1.82, 2.24) is 4.90 Å². The van der Waals surface area contributed by atoms with Crippen LogP contribution < -0.4 is 0 Å². The van der Waals surface area contributed by atoms with Crippen LogP contribution in [0.3, 0.4) is 0 Å². The van der Waals surface area contributed by atoms with Crippen molar-refractivity contribution >= 4 is 0 Å². The highest BCUT2D eigenvalue weighted by Crippen LogP contribution is 2.36. The van der Waals surface area contributed by atoms with E-state index in [9.17, 15) is 0 Å². The van der Waals surface area contributed by atoms with E-state index in [1.54, 1.807) is 0 Å². The number of fused-ring (bicyclic) bond motifs is 1. The van der Waals surface area contributed by atoms with Crippen molar-refractivity contribution in [3.05, 3.63) is 0 Å². The van der Waals surface area contributed by atoms with Crippen molar-refractivity contribution in [3.63, 3.8) is 0 Å². The zero-order chi connectivity index (χ0) is 9.97. The van der Waals surface area contributed by atoms with Gasteiger partial charge < -0.3 is 5.11 Å². The molecule has 1 saturated heterocycles. The van der Waals surface area contributed by atoms with Gasteiger partial charge in [0.1, 0.15) is 0 Å². The molecule has 0 aromatic rings. The van der Waals surface area contributed by atoms with Gasteiger partial charge in [-0.15, -0.1) is 0 Å². The van der Waals surface area contributed by atoms with Crippen LogP contribution in [0.25, 0.3) is 0 Å². The lowest BCUT2D eigenvalue weighted by molar-refractivity contribution is 0.0416. The third-order valence-electron chi connectivity index (χ3n) is 4.21. The Morgan fingerprint density at radius 2 is 1.93 bits per heavy atom. The van der Waals surface area contributed by atoms with Crippen molar-refractivity contribution in [3.8, 4) is 0 Å². The fourth-order valence-electron chi connectivity index (χ4n) is 3.14. The Kier molecular flexibility index (Phi) is 3.45. The fraction of sp³-hybridized carbons (Fsp3) is 1.00. The molecule has 0 spiro atoms. The zero-order valence-corrected chi connectivity index (χ0v) is 9.28. The smallest absolute Gasteiger partial charge is 0.0584 e. The zero-order valence-electron chi connectivity index (χ0n) is 9.28. The van der Waals surface area contributed by atoms with Crippen molar-refractivity contribution in [2.75, 3.05) is 19.7 Å².